The summed E-state index contributed by atoms with van der Waals surface area (Å²) in [6, 6.07) is 9.34. The first-order chi connectivity index (χ1) is 12.4. The maximum atomic E-state index is 13.0. The van der Waals surface area contributed by atoms with Gasteiger partial charge in [0.2, 0.25) is 0 Å². The molecule has 0 saturated carbocycles. The zero-order valence-electron chi connectivity index (χ0n) is 14.7. The van der Waals surface area contributed by atoms with Crippen LogP contribution in [0.5, 0.6) is 0 Å². The van der Waals surface area contributed by atoms with Gasteiger partial charge in [0, 0.05) is 35.2 Å². The second kappa shape index (κ2) is 7.51. The van der Waals surface area contributed by atoms with E-state index in [1.54, 1.807) is 4.90 Å². The summed E-state index contributed by atoms with van der Waals surface area (Å²) < 4.78 is 7.45. The number of morpholine rings is 1. The van der Waals surface area contributed by atoms with E-state index in [0.29, 0.717) is 23.7 Å². The van der Waals surface area contributed by atoms with Crippen LogP contribution in [0, 0.1) is 13.8 Å². The Bertz CT molecular complexity index is 846. The van der Waals surface area contributed by atoms with Crippen LogP contribution < -0.4 is 0 Å². The van der Waals surface area contributed by atoms with Gasteiger partial charge in [-0.15, -0.1) is 0 Å². The van der Waals surface area contributed by atoms with Crippen molar-refractivity contribution in [3.63, 3.8) is 0 Å². The normalized spacial score (nSPS) is 17.3. The van der Waals surface area contributed by atoms with Crippen LogP contribution in [-0.2, 0) is 9.53 Å². The maximum absolute atomic E-state index is 13.0. The third-order valence-electron chi connectivity index (χ3n) is 4.56. The molecular formula is C19H21ClN2O4. The molecule has 0 aliphatic carbocycles. The van der Waals surface area contributed by atoms with E-state index in [-0.39, 0.29) is 18.9 Å². The van der Waals surface area contributed by atoms with E-state index in [0.717, 1.165) is 17.1 Å². The Morgan fingerprint density at radius 3 is 2.77 bits per heavy atom. The molecule has 1 fully saturated rings. The van der Waals surface area contributed by atoms with Crippen LogP contribution >= 0.6 is 11.6 Å². The number of carboxylic acids is 1. The predicted molar refractivity (Wildman–Crippen MR) is 98.1 cm³/mol. The minimum Gasteiger partial charge on any atom is -0.481 e. The number of aliphatic carboxylic acids is 1. The number of aryl methyl sites for hydroxylation is 1. The Morgan fingerprint density at radius 1 is 1.31 bits per heavy atom. The molecule has 3 rings (SSSR count). The first-order valence-corrected chi connectivity index (χ1v) is 8.82. The molecule has 0 spiro atoms. The summed E-state index contributed by atoms with van der Waals surface area (Å²) in [6.07, 6.45) is -0.577. The number of carboxylic acid groups (broad SMARTS) is 1. The Kier molecular flexibility index (Phi) is 5.34. The van der Waals surface area contributed by atoms with Crippen molar-refractivity contribution in [2.75, 3.05) is 19.7 Å². The van der Waals surface area contributed by atoms with Gasteiger partial charge in [-0.1, -0.05) is 17.7 Å². The molecule has 1 aliphatic heterocycles. The van der Waals surface area contributed by atoms with Gasteiger partial charge in [0.15, 0.2) is 0 Å². The van der Waals surface area contributed by atoms with E-state index in [4.69, 9.17) is 21.4 Å². The smallest absolute Gasteiger partial charge is 0.306 e. The predicted octanol–water partition coefficient (Wildman–Crippen LogP) is 3.06. The summed E-state index contributed by atoms with van der Waals surface area (Å²) in [4.78, 5) is 25.6. The number of hydrogen-bond acceptors (Lipinski definition) is 3. The third-order valence-corrected chi connectivity index (χ3v) is 4.79. The summed E-state index contributed by atoms with van der Waals surface area (Å²) in [6.45, 7) is 4.92. The van der Waals surface area contributed by atoms with Crippen molar-refractivity contribution < 1.29 is 19.4 Å². The van der Waals surface area contributed by atoms with Gasteiger partial charge in [-0.25, -0.2) is 0 Å². The number of rotatable bonds is 4. The first kappa shape index (κ1) is 18.5. The van der Waals surface area contributed by atoms with Crippen molar-refractivity contribution in [1.29, 1.82) is 0 Å². The molecule has 0 bridgehead atoms. The van der Waals surface area contributed by atoms with Gasteiger partial charge in [0.1, 0.15) is 0 Å². The van der Waals surface area contributed by atoms with Crippen LogP contribution in [0.3, 0.4) is 0 Å². The number of aromatic nitrogens is 1. The Hall–Kier alpha value is -2.31. The molecule has 6 nitrogen and oxygen atoms in total. The largest absolute Gasteiger partial charge is 0.481 e. The number of nitrogens with zero attached hydrogens (tertiary/aromatic N) is 2. The molecule has 1 aliphatic rings. The number of hydrogen-bond donors (Lipinski definition) is 1. The van der Waals surface area contributed by atoms with Gasteiger partial charge in [-0.2, -0.15) is 0 Å². The van der Waals surface area contributed by atoms with Crippen molar-refractivity contribution >= 4 is 23.5 Å². The molecule has 1 amide bonds. The van der Waals surface area contributed by atoms with Gasteiger partial charge >= 0.3 is 5.97 Å². The van der Waals surface area contributed by atoms with Gasteiger partial charge in [-0.3, -0.25) is 9.59 Å². The highest BCUT2D eigenvalue weighted by Gasteiger charge is 2.28. The van der Waals surface area contributed by atoms with E-state index in [1.165, 1.54) is 0 Å². The highest BCUT2D eigenvalue weighted by atomic mass is 35.5. The fraction of sp³-hybridized carbons (Fsp3) is 0.368. The lowest BCUT2D eigenvalue weighted by Crippen LogP contribution is -2.46. The van der Waals surface area contributed by atoms with Crippen molar-refractivity contribution in [2.24, 2.45) is 0 Å². The van der Waals surface area contributed by atoms with Crippen molar-refractivity contribution in [2.45, 2.75) is 26.4 Å². The Balaban J connectivity index is 1.87. The highest BCUT2D eigenvalue weighted by molar-refractivity contribution is 6.30. The second-order valence-corrected chi connectivity index (χ2v) is 6.88. The van der Waals surface area contributed by atoms with E-state index in [1.807, 2.05) is 48.7 Å². The van der Waals surface area contributed by atoms with Gasteiger partial charge in [0.25, 0.3) is 5.91 Å². The second-order valence-electron chi connectivity index (χ2n) is 6.44. The third kappa shape index (κ3) is 3.76. The molecule has 1 aromatic heterocycles. The quantitative estimate of drug-likeness (QED) is 0.890. The molecule has 1 N–H and O–H groups in total. The molecule has 0 radical (unpaired) electrons. The van der Waals surface area contributed by atoms with E-state index < -0.39 is 12.1 Å². The Morgan fingerprint density at radius 2 is 2.08 bits per heavy atom. The SMILES string of the molecule is Cc1cc(C(=O)N2CCOC(CC(=O)O)C2)c(C)n1-c1cccc(Cl)c1. The lowest BCUT2D eigenvalue weighted by Gasteiger charge is -2.32. The number of ether oxygens (including phenoxy) is 1. The molecule has 2 aromatic rings. The molecule has 7 heteroatoms. The summed E-state index contributed by atoms with van der Waals surface area (Å²) in [5, 5.41) is 9.57. The van der Waals surface area contributed by atoms with Gasteiger partial charge in [-0.05, 0) is 38.1 Å². The first-order valence-electron chi connectivity index (χ1n) is 8.44. The number of carbonyl (C=O) groups excluding carboxylic acids is 1. The molecule has 1 atom stereocenters. The summed E-state index contributed by atoms with van der Waals surface area (Å²) in [5.41, 5.74) is 3.27. The van der Waals surface area contributed by atoms with E-state index >= 15 is 0 Å². The number of halogens is 1. The van der Waals surface area contributed by atoms with Gasteiger partial charge in [0.05, 0.1) is 24.7 Å². The topological polar surface area (TPSA) is 71.8 Å². The fourth-order valence-corrected chi connectivity index (χ4v) is 3.57. The minimum atomic E-state index is -0.927. The van der Waals surface area contributed by atoms with Crippen LogP contribution in [0.1, 0.15) is 28.2 Å². The monoisotopic (exact) mass is 376 g/mol. The molecule has 1 saturated heterocycles. The van der Waals surface area contributed by atoms with E-state index in [9.17, 15) is 9.59 Å². The van der Waals surface area contributed by atoms with Crippen LogP contribution in [0.2, 0.25) is 5.02 Å². The van der Waals surface area contributed by atoms with Crippen LogP contribution in [0.15, 0.2) is 30.3 Å². The average molecular weight is 377 g/mol. The van der Waals surface area contributed by atoms with Crippen molar-refractivity contribution in [1.82, 2.24) is 9.47 Å². The molecule has 1 unspecified atom stereocenters. The van der Waals surface area contributed by atoms with Crippen LogP contribution in [0.25, 0.3) is 5.69 Å². The standard InChI is InChI=1S/C19H21ClN2O4/c1-12-8-17(13(2)22(12)15-5-3-4-14(20)9-15)19(25)21-6-7-26-16(11-21)10-18(23)24/h3-5,8-9,16H,6-7,10-11H2,1-2H3,(H,23,24). The minimum absolute atomic E-state index is 0.106. The van der Waals surface area contributed by atoms with Crippen molar-refractivity contribution in [3.05, 3.63) is 52.3 Å². The van der Waals surface area contributed by atoms with Crippen LogP contribution in [-0.4, -0.2) is 52.3 Å². The summed E-state index contributed by atoms with van der Waals surface area (Å²) in [7, 11) is 0. The zero-order valence-corrected chi connectivity index (χ0v) is 15.5. The van der Waals surface area contributed by atoms with Crippen molar-refractivity contribution in [3.8, 4) is 5.69 Å². The lowest BCUT2D eigenvalue weighted by atomic mass is 10.1. The summed E-state index contributed by atoms with van der Waals surface area (Å²) >= 11 is 6.10. The molecular weight excluding hydrogens is 356 g/mol. The molecule has 1 aromatic carbocycles. The average Bonchev–Trinajstić information content (AvgIpc) is 2.88. The van der Waals surface area contributed by atoms with Crippen LogP contribution in [0.4, 0.5) is 0 Å². The summed E-state index contributed by atoms with van der Waals surface area (Å²) in [5.74, 6) is -1.03. The highest BCUT2D eigenvalue weighted by Crippen LogP contribution is 2.24. The molecule has 138 valence electrons. The molecule has 26 heavy (non-hydrogen) atoms. The zero-order chi connectivity index (χ0) is 18.8. The number of carbonyl (C=O) groups is 2. The maximum Gasteiger partial charge on any atom is 0.306 e. The Labute approximate surface area is 156 Å². The van der Waals surface area contributed by atoms with Gasteiger partial charge < -0.3 is 19.3 Å². The number of amides is 1. The fourth-order valence-electron chi connectivity index (χ4n) is 3.38. The number of benzene rings is 1. The molecule has 2 heterocycles. The van der Waals surface area contributed by atoms with E-state index in [2.05, 4.69) is 0 Å². The lowest BCUT2D eigenvalue weighted by molar-refractivity contribution is -0.141.